The van der Waals surface area contributed by atoms with E-state index >= 15 is 0 Å². The van der Waals surface area contributed by atoms with Gasteiger partial charge in [0, 0.05) is 6.04 Å². The van der Waals surface area contributed by atoms with Gasteiger partial charge in [0.25, 0.3) is 0 Å². The summed E-state index contributed by atoms with van der Waals surface area (Å²) in [4.78, 5) is 14.5. The topological polar surface area (TPSA) is 38.8 Å². The SMILES string of the molecule is CC(C)(C)OC(=O)N1C2C=C(Cc3ccc(OC(F)(F)F)cc3)CC1CCC2. The molecule has 0 N–H and O–H groups in total. The first-order valence-electron chi connectivity index (χ1n) is 9.56. The molecule has 0 aromatic heterocycles. The monoisotopic (exact) mass is 397 g/mol. The van der Waals surface area contributed by atoms with Gasteiger partial charge in [-0.3, -0.25) is 4.90 Å². The number of carbonyl (C=O) groups excluding carboxylic acids is 1. The van der Waals surface area contributed by atoms with Crippen molar-refractivity contribution in [2.75, 3.05) is 0 Å². The van der Waals surface area contributed by atoms with Crippen LogP contribution < -0.4 is 4.74 Å². The fraction of sp³-hybridized carbons (Fsp3) is 0.571. The van der Waals surface area contributed by atoms with E-state index in [2.05, 4.69) is 10.8 Å². The van der Waals surface area contributed by atoms with Crippen LogP contribution in [-0.4, -0.2) is 35.0 Å². The average Bonchev–Trinajstić information content (AvgIpc) is 2.53. The summed E-state index contributed by atoms with van der Waals surface area (Å²) in [5, 5.41) is 0. The molecule has 0 aliphatic carbocycles. The molecule has 3 rings (SSSR count). The largest absolute Gasteiger partial charge is 0.573 e. The predicted molar refractivity (Wildman–Crippen MR) is 99.0 cm³/mol. The average molecular weight is 397 g/mol. The fourth-order valence-electron chi connectivity index (χ4n) is 3.92. The lowest BCUT2D eigenvalue weighted by Gasteiger charge is -2.45. The Hall–Kier alpha value is -2.18. The second-order valence-corrected chi connectivity index (χ2v) is 8.44. The van der Waals surface area contributed by atoms with E-state index in [1.165, 1.54) is 17.7 Å². The van der Waals surface area contributed by atoms with Crippen molar-refractivity contribution in [2.24, 2.45) is 0 Å². The van der Waals surface area contributed by atoms with Crippen LogP contribution in [0.15, 0.2) is 35.9 Å². The Morgan fingerprint density at radius 2 is 1.82 bits per heavy atom. The number of amides is 1. The number of nitrogens with zero attached hydrogens (tertiary/aromatic N) is 1. The highest BCUT2D eigenvalue weighted by molar-refractivity contribution is 5.70. The summed E-state index contributed by atoms with van der Waals surface area (Å²) in [6.07, 6.45) is 1.49. The van der Waals surface area contributed by atoms with E-state index in [1.54, 1.807) is 12.1 Å². The lowest BCUT2D eigenvalue weighted by molar-refractivity contribution is -0.274. The second-order valence-electron chi connectivity index (χ2n) is 8.44. The molecule has 2 aliphatic heterocycles. The first-order valence-corrected chi connectivity index (χ1v) is 9.56. The quantitative estimate of drug-likeness (QED) is 0.622. The summed E-state index contributed by atoms with van der Waals surface area (Å²) in [6, 6.07) is 6.10. The molecule has 1 aromatic rings. The van der Waals surface area contributed by atoms with Crippen molar-refractivity contribution in [3.05, 3.63) is 41.5 Å². The van der Waals surface area contributed by atoms with Crippen LogP contribution in [0.3, 0.4) is 0 Å². The van der Waals surface area contributed by atoms with Crippen LogP contribution in [0.5, 0.6) is 5.75 Å². The molecule has 1 saturated heterocycles. The second kappa shape index (κ2) is 7.68. The minimum Gasteiger partial charge on any atom is -0.444 e. The number of ether oxygens (including phenoxy) is 2. The molecule has 2 atom stereocenters. The number of alkyl halides is 3. The van der Waals surface area contributed by atoms with Crippen LogP contribution in [-0.2, 0) is 11.2 Å². The standard InChI is InChI=1S/C21H26F3NO3/c1-20(2,3)28-19(26)25-16-5-4-6-17(25)13-15(12-16)11-14-7-9-18(10-8-14)27-21(22,23)24/h7-10,12,16-17H,4-6,11,13H2,1-3H3. The Kier molecular flexibility index (Phi) is 5.64. The van der Waals surface area contributed by atoms with Crippen LogP contribution in [0.2, 0.25) is 0 Å². The maximum Gasteiger partial charge on any atom is 0.573 e. The molecule has 154 valence electrons. The van der Waals surface area contributed by atoms with Crippen molar-refractivity contribution >= 4 is 6.09 Å². The molecule has 0 saturated carbocycles. The van der Waals surface area contributed by atoms with Gasteiger partial charge in [-0.2, -0.15) is 0 Å². The van der Waals surface area contributed by atoms with E-state index in [1.807, 2.05) is 25.7 Å². The lowest BCUT2D eigenvalue weighted by atomic mass is 9.83. The number of fused-ring (bicyclic) bond motifs is 2. The number of carbonyl (C=O) groups is 1. The van der Waals surface area contributed by atoms with E-state index in [0.29, 0.717) is 6.42 Å². The molecular formula is C21H26F3NO3. The van der Waals surface area contributed by atoms with Gasteiger partial charge in [0.1, 0.15) is 11.4 Å². The highest BCUT2D eigenvalue weighted by Crippen LogP contribution is 2.35. The summed E-state index contributed by atoms with van der Waals surface area (Å²) in [5.74, 6) is -0.221. The minimum atomic E-state index is -4.68. The van der Waals surface area contributed by atoms with E-state index in [4.69, 9.17) is 4.74 Å². The summed E-state index contributed by atoms with van der Waals surface area (Å²) in [7, 11) is 0. The third-order valence-electron chi connectivity index (χ3n) is 4.91. The Labute approximate surface area is 163 Å². The van der Waals surface area contributed by atoms with Crippen LogP contribution in [0.1, 0.15) is 52.0 Å². The maximum atomic E-state index is 12.6. The van der Waals surface area contributed by atoms with Gasteiger partial charge in [0.05, 0.1) is 6.04 Å². The molecule has 2 aliphatic rings. The van der Waals surface area contributed by atoms with Crippen LogP contribution in [0, 0.1) is 0 Å². The molecule has 28 heavy (non-hydrogen) atoms. The summed E-state index contributed by atoms with van der Waals surface area (Å²) in [6.45, 7) is 5.58. The number of hydrogen-bond acceptors (Lipinski definition) is 3. The molecule has 4 nitrogen and oxygen atoms in total. The molecule has 1 aromatic carbocycles. The molecule has 2 bridgehead atoms. The third kappa shape index (κ3) is 5.42. The highest BCUT2D eigenvalue weighted by atomic mass is 19.4. The van der Waals surface area contributed by atoms with E-state index in [-0.39, 0.29) is 23.9 Å². The zero-order chi connectivity index (χ0) is 20.5. The van der Waals surface area contributed by atoms with Crippen molar-refractivity contribution in [2.45, 2.75) is 76.9 Å². The van der Waals surface area contributed by atoms with Gasteiger partial charge in [-0.05, 0) is 70.6 Å². The van der Waals surface area contributed by atoms with Crippen LogP contribution >= 0.6 is 0 Å². The molecule has 0 spiro atoms. The smallest absolute Gasteiger partial charge is 0.444 e. The molecule has 7 heteroatoms. The first kappa shape index (κ1) is 20.6. The van der Waals surface area contributed by atoms with Crippen molar-refractivity contribution < 1.29 is 27.4 Å². The Morgan fingerprint density at radius 3 is 2.39 bits per heavy atom. The number of benzene rings is 1. The van der Waals surface area contributed by atoms with Gasteiger partial charge < -0.3 is 9.47 Å². The molecular weight excluding hydrogens is 371 g/mol. The summed E-state index contributed by atoms with van der Waals surface area (Å²) in [5.41, 5.74) is 1.60. The fourth-order valence-corrected chi connectivity index (χ4v) is 3.92. The Bertz CT molecular complexity index is 735. The van der Waals surface area contributed by atoms with Gasteiger partial charge in [-0.15, -0.1) is 13.2 Å². The summed E-state index contributed by atoms with van der Waals surface area (Å²) >= 11 is 0. The highest BCUT2D eigenvalue weighted by Gasteiger charge is 2.39. The number of halogens is 3. The number of hydrogen-bond donors (Lipinski definition) is 0. The molecule has 1 amide bonds. The normalized spacial score (nSPS) is 22.5. The van der Waals surface area contributed by atoms with E-state index in [9.17, 15) is 18.0 Å². The summed E-state index contributed by atoms with van der Waals surface area (Å²) < 4.78 is 46.3. The number of piperidine rings is 1. The van der Waals surface area contributed by atoms with Gasteiger partial charge in [-0.25, -0.2) is 4.79 Å². The van der Waals surface area contributed by atoms with Crippen molar-refractivity contribution in [1.82, 2.24) is 4.90 Å². The zero-order valence-electron chi connectivity index (χ0n) is 16.4. The van der Waals surface area contributed by atoms with Crippen molar-refractivity contribution in [3.63, 3.8) is 0 Å². The molecule has 2 heterocycles. The van der Waals surface area contributed by atoms with Gasteiger partial charge in [-0.1, -0.05) is 23.8 Å². The Balaban J connectivity index is 1.68. The lowest BCUT2D eigenvalue weighted by Crippen LogP contribution is -2.53. The van der Waals surface area contributed by atoms with Crippen LogP contribution in [0.4, 0.5) is 18.0 Å². The van der Waals surface area contributed by atoms with Crippen molar-refractivity contribution in [1.29, 1.82) is 0 Å². The zero-order valence-corrected chi connectivity index (χ0v) is 16.4. The first-order chi connectivity index (χ1) is 13.0. The Morgan fingerprint density at radius 1 is 1.14 bits per heavy atom. The van der Waals surface area contributed by atoms with Crippen LogP contribution in [0.25, 0.3) is 0 Å². The van der Waals surface area contributed by atoms with Gasteiger partial charge >= 0.3 is 12.5 Å². The van der Waals surface area contributed by atoms with Crippen molar-refractivity contribution in [3.8, 4) is 5.75 Å². The van der Waals surface area contributed by atoms with Gasteiger partial charge in [0.15, 0.2) is 0 Å². The number of rotatable bonds is 3. The molecule has 1 fully saturated rings. The van der Waals surface area contributed by atoms with E-state index < -0.39 is 12.0 Å². The van der Waals surface area contributed by atoms with E-state index in [0.717, 1.165) is 31.2 Å². The van der Waals surface area contributed by atoms with Gasteiger partial charge in [0.2, 0.25) is 0 Å². The minimum absolute atomic E-state index is 0.0187. The molecule has 0 radical (unpaired) electrons. The molecule has 2 unspecified atom stereocenters. The predicted octanol–water partition coefficient (Wildman–Crippen LogP) is 5.62. The maximum absolute atomic E-state index is 12.6. The third-order valence-corrected chi connectivity index (χ3v) is 4.91.